The first-order chi connectivity index (χ1) is 12.1. The van der Waals surface area contributed by atoms with Gasteiger partial charge in [0, 0.05) is 31.6 Å². The highest BCUT2D eigenvalue weighted by molar-refractivity contribution is 5.79. The van der Waals surface area contributed by atoms with Gasteiger partial charge in [-0.15, -0.1) is 0 Å². The molecular formula is C20H30FN3O. The van der Waals surface area contributed by atoms with Crippen LogP contribution in [0.25, 0.3) is 0 Å². The quantitative estimate of drug-likeness (QED) is 0.823. The van der Waals surface area contributed by atoms with Crippen molar-refractivity contribution in [3.8, 4) is 0 Å². The molecule has 2 aliphatic rings. The summed E-state index contributed by atoms with van der Waals surface area (Å²) in [6.45, 7) is 7.29. The van der Waals surface area contributed by atoms with Crippen molar-refractivity contribution >= 4 is 5.91 Å². The first kappa shape index (κ1) is 18.3. The lowest BCUT2D eigenvalue weighted by Gasteiger charge is -2.33. The minimum Gasteiger partial charge on any atom is -0.341 e. The first-order valence-electron chi connectivity index (χ1n) is 9.64. The Morgan fingerprint density at radius 3 is 2.52 bits per heavy atom. The fourth-order valence-electron chi connectivity index (χ4n) is 3.99. The molecular weight excluding hydrogens is 317 g/mol. The summed E-state index contributed by atoms with van der Waals surface area (Å²) in [6, 6.07) is 7.39. The van der Waals surface area contributed by atoms with Crippen molar-refractivity contribution < 1.29 is 9.18 Å². The van der Waals surface area contributed by atoms with Crippen molar-refractivity contribution in [3.05, 3.63) is 35.6 Å². The van der Waals surface area contributed by atoms with Gasteiger partial charge in [-0.1, -0.05) is 19.1 Å². The summed E-state index contributed by atoms with van der Waals surface area (Å²) < 4.78 is 13.0. The van der Waals surface area contributed by atoms with Gasteiger partial charge in [0.05, 0.1) is 0 Å². The number of nitrogens with one attached hydrogen (secondary N) is 1. The van der Waals surface area contributed by atoms with Crippen molar-refractivity contribution in [2.75, 3.05) is 32.7 Å². The molecule has 0 unspecified atom stereocenters. The maximum atomic E-state index is 13.0. The Morgan fingerprint density at radius 2 is 1.84 bits per heavy atom. The summed E-state index contributed by atoms with van der Waals surface area (Å²) >= 11 is 0. The van der Waals surface area contributed by atoms with Crippen molar-refractivity contribution in [2.45, 2.75) is 51.1 Å². The van der Waals surface area contributed by atoms with E-state index in [1.54, 1.807) is 12.1 Å². The highest BCUT2D eigenvalue weighted by atomic mass is 19.1. The largest absolute Gasteiger partial charge is 0.341 e. The van der Waals surface area contributed by atoms with Gasteiger partial charge in [-0.3, -0.25) is 4.79 Å². The molecule has 0 saturated carbocycles. The molecule has 1 N–H and O–H groups in total. The number of piperidine rings is 1. The highest BCUT2D eigenvalue weighted by Gasteiger charge is 2.31. The summed E-state index contributed by atoms with van der Waals surface area (Å²) in [5, 5.41) is 3.71. The van der Waals surface area contributed by atoms with Gasteiger partial charge in [-0.05, 0) is 63.0 Å². The number of halogens is 1. The number of carbonyl (C=O) groups is 1. The first-order valence-corrected chi connectivity index (χ1v) is 9.64. The van der Waals surface area contributed by atoms with Crippen LogP contribution in [0.1, 0.15) is 38.2 Å². The Hall–Kier alpha value is -1.46. The summed E-state index contributed by atoms with van der Waals surface area (Å²) in [7, 11) is 0. The fourth-order valence-corrected chi connectivity index (χ4v) is 3.99. The van der Waals surface area contributed by atoms with E-state index >= 15 is 0 Å². The number of carbonyl (C=O) groups excluding carboxylic acids is 1. The topological polar surface area (TPSA) is 35.6 Å². The molecule has 1 atom stereocenters. The standard InChI is InChI=1S/C20H30FN3O/c1-2-10-23-11-8-18(9-12-23)22-19-14-20(25)24(15-19)13-7-16-3-5-17(21)6-4-16/h3-6,18-19,22H,2,7-15H2,1H3/t19-/m0/s1. The van der Waals surface area contributed by atoms with E-state index in [0.29, 0.717) is 12.5 Å². The number of hydrogen-bond donors (Lipinski definition) is 1. The van der Waals surface area contributed by atoms with Crippen molar-refractivity contribution in [3.63, 3.8) is 0 Å². The Bertz CT molecular complexity index is 555. The van der Waals surface area contributed by atoms with Crippen LogP contribution in [0.4, 0.5) is 4.39 Å². The Kier molecular flexibility index (Phi) is 6.43. The van der Waals surface area contributed by atoms with E-state index in [9.17, 15) is 9.18 Å². The molecule has 1 aromatic carbocycles. The molecule has 0 aliphatic carbocycles. The maximum absolute atomic E-state index is 13.0. The molecule has 138 valence electrons. The predicted molar refractivity (Wildman–Crippen MR) is 98.0 cm³/mol. The van der Waals surface area contributed by atoms with E-state index in [4.69, 9.17) is 0 Å². The van der Waals surface area contributed by atoms with E-state index in [1.807, 2.05) is 4.90 Å². The van der Waals surface area contributed by atoms with Crippen LogP contribution in [0, 0.1) is 5.82 Å². The monoisotopic (exact) mass is 347 g/mol. The molecule has 1 amide bonds. The van der Waals surface area contributed by atoms with Gasteiger partial charge in [-0.25, -0.2) is 4.39 Å². The molecule has 1 aromatic rings. The number of amides is 1. The summed E-state index contributed by atoms with van der Waals surface area (Å²) in [5.74, 6) is 0.0262. The van der Waals surface area contributed by atoms with Gasteiger partial charge < -0.3 is 15.1 Å². The maximum Gasteiger partial charge on any atom is 0.224 e. The van der Waals surface area contributed by atoms with Crippen molar-refractivity contribution in [2.24, 2.45) is 0 Å². The highest BCUT2D eigenvalue weighted by Crippen LogP contribution is 2.17. The number of nitrogens with zero attached hydrogens (tertiary/aromatic N) is 2. The average molecular weight is 347 g/mol. The molecule has 0 bridgehead atoms. The lowest BCUT2D eigenvalue weighted by molar-refractivity contribution is -0.127. The number of benzene rings is 1. The summed E-state index contributed by atoms with van der Waals surface area (Å²) in [6.07, 6.45) is 4.98. The smallest absolute Gasteiger partial charge is 0.224 e. The second-order valence-electron chi connectivity index (χ2n) is 7.40. The van der Waals surface area contributed by atoms with Crippen LogP contribution in [-0.4, -0.2) is 60.5 Å². The van der Waals surface area contributed by atoms with E-state index in [0.717, 1.165) is 25.1 Å². The molecule has 0 spiro atoms. The van der Waals surface area contributed by atoms with E-state index in [-0.39, 0.29) is 17.8 Å². The van der Waals surface area contributed by atoms with Crippen LogP contribution < -0.4 is 5.32 Å². The predicted octanol–water partition coefficient (Wildman–Crippen LogP) is 2.43. The minimum atomic E-state index is -0.213. The van der Waals surface area contributed by atoms with Gasteiger partial charge in [0.25, 0.3) is 0 Å². The second-order valence-corrected chi connectivity index (χ2v) is 7.40. The molecule has 2 saturated heterocycles. The molecule has 3 rings (SSSR count). The van der Waals surface area contributed by atoms with Crippen molar-refractivity contribution in [1.82, 2.24) is 15.1 Å². The minimum absolute atomic E-state index is 0.213. The SMILES string of the molecule is CCCN1CCC(N[C@H]2CC(=O)N(CCc3ccc(F)cc3)C2)CC1. The van der Waals surface area contributed by atoms with E-state index < -0.39 is 0 Å². The molecule has 5 heteroatoms. The van der Waals surface area contributed by atoms with Gasteiger partial charge in [0.15, 0.2) is 0 Å². The fraction of sp³-hybridized carbons (Fsp3) is 0.650. The lowest BCUT2D eigenvalue weighted by Crippen LogP contribution is -2.47. The Labute approximate surface area is 150 Å². The summed E-state index contributed by atoms with van der Waals surface area (Å²) in [4.78, 5) is 16.7. The van der Waals surface area contributed by atoms with E-state index in [1.165, 1.54) is 51.0 Å². The van der Waals surface area contributed by atoms with E-state index in [2.05, 4.69) is 17.1 Å². The summed E-state index contributed by atoms with van der Waals surface area (Å²) in [5.41, 5.74) is 1.08. The van der Waals surface area contributed by atoms with Gasteiger partial charge >= 0.3 is 0 Å². The molecule has 25 heavy (non-hydrogen) atoms. The van der Waals surface area contributed by atoms with Crippen LogP contribution >= 0.6 is 0 Å². The van der Waals surface area contributed by atoms with Gasteiger partial charge in [0.2, 0.25) is 5.91 Å². The van der Waals surface area contributed by atoms with Crippen LogP contribution in [0.3, 0.4) is 0 Å². The van der Waals surface area contributed by atoms with Gasteiger partial charge in [0.1, 0.15) is 5.82 Å². The molecule has 0 aromatic heterocycles. The molecule has 2 fully saturated rings. The second kappa shape index (κ2) is 8.77. The third-order valence-corrected chi connectivity index (χ3v) is 5.40. The van der Waals surface area contributed by atoms with Crippen LogP contribution in [0.15, 0.2) is 24.3 Å². The molecule has 4 nitrogen and oxygen atoms in total. The Morgan fingerprint density at radius 1 is 1.12 bits per heavy atom. The number of hydrogen-bond acceptors (Lipinski definition) is 3. The number of likely N-dealkylation sites (tertiary alicyclic amines) is 2. The Balaban J connectivity index is 1.41. The molecule has 2 aliphatic heterocycles. The zero-order valence-electron chi connectivity index (χ0n) is 15.2. The van der Waals surface area contributed by atoms with Crippen LogP contribution in [0.2, 0.25) is 0 Å². The lowest BCUT2D eigenvalue weighted by atomic mass is 10.0. The molecule has 2 heterocycles. The number of rotatable bonds is 7. The van der Waals surface area contributed by atoms with Crippen LogP contribution in [0.5, 0.6) is 0 Å². The zero-order valence-corrected chi connectivity index (χ0v) is 15.2. The van der Waals surface area contributed by atoms with Crippen molar-refractivity contribution in [1.29, 1.82) is 0 Å². The van der Waals surface area contributed by atoms with Crippen LogP contribution in [-0.2, 0) is 11.2 Å². The third-order valence-electron chi connectivity index (χ3n) is 5.40. The molecule has 0 radical (unpaired) electrons. The average Bonchev–Trinajstić information content (AvgIpc) is 2.96. The third kappa shape index (κ3) is 5.25. The van der Waals surface area contributed by atoms with Gasteiger partial charge in [-0.2, -0.15) is 0 Å². The zero-order chi connectivity index (χ0) is 17.6. The normalized spacial score (nSPS) is 22.7.